The van der Waals surface area contributed by atoms with E-state index in [-0.39, 0.29) is 13.0 Å². The molecule has 1 saturated heterocycles. The zero-order valence-electron chi connectivity index (χ0n) is 10.3. The van der Waals surface area contributed by atoms with Gasteiger partial charge in [0.2, 0.25) is 12.2 Å². The third-order valence-corrected chi connectivity index (χ3v) is 2.85. The van der Waals surface area contributed by atoms with Crippen LogP contribution in [-0.2, 0) is 19.0 Å². The topological polar surface area (TPSA) is 117 Å². The number of alkyl halides is 3. The van der Waals surface area contributed by atoms with Crippen molar-refractivity contribution in [2.45, 2.75) is 35.6 Å². The molecule has 1 fully saturated rings. The molecule has 3 atom stereocenters. The molecule has 0 aliphatic carbocycles. The number of carbonyl (C=O) groups is 1. The molecule has 0 unspecified atom stereocenters. The first kappa shape index (κ1) is 17.1. The summed E-state index contributed by atoms with van der Waals surface area (Å²) in [6.45, 7) is 1.18. The Balaban J connectivity index is 2.66. The van der Waals surface area contributed by atoms with Gasteiger partial charge in [0.15, 0.2) is 0 Å². The van der Waals surface area contributed by atoms with E-state index in [0.717, 1.165) is 0 Å². The Morgan fingerprint density at radius 1 is 1.50 bits per heavy atom. The number of nitrogens with one attached hydrogen (secondary N) is 1. The highest BCUT2D eigenvalue weighted by Crippen LogP contribution is 2.30. The van der Waals surface area contributed by atoms with Crippen molar-refractivity contribution in [2.24, 2.45) is 5.11 Å². The second-order valence-corrected chi connectivity index (χ2v) is 6.14. The van der Waals surface area contributed by atoms with Crippen LogP contribution in [0.2, 0.25) is 0 Å². The number of esters is 1. The van der Waals surface area contributed by atoms with Gasteiger partial charge in [-0.25, -0.2) is 0 Å². The highest BCUT2D eigenvalue weighted by atomic mass is 35.6. The fourth-order valence-electron chi connectivity index (χ4n) is 1.52. The van der Waals surface area contributed by atoms with E-state index in [1.807, 2.05) is 0 Å². The van der Waals surface area contributed by atoms with Gasteiger partial charge in [0.25, 0.3) is 3.79 Å². The number of carbonyl (C=O) groups excluding carboxylic acids is 1. The lowest BCUT2D eigenvalue weighted by atomic mass is 10.1. The van der Waals surface area contributed by atoms with Crippen LogP contribution in [0.5, 0.6) is 0 Å². The second-order valence-electron chi connectivity index (χ2n) is 3.86. The van der Waals surface area contributed by atoms with Gasteiger partial charge in [0.1, 0.15) is 6.10 Å². The van der Waals surface area contributed by atoms with Crippen LogP contribution in [-0.4, -0.2) is 40.7 Å². The fourth-order valence-corrected chi connectivity index (χ4v) is 1.66. The van der Waals surface area contributed by atoms with Crippen molar-refractivity contribution >= 4 is 46.7 Å². The minimum absolute atomic E-state index is 0.0545. The Hall–Kier alpha value is -0.920. The van der Waals surface area contributed by atoms with Gasteiger partial charge in [-0.3, -0.25) is 10.2 Å². The molecule has 0 amide bonds. The van der Waals surface area contributed by atoms with E-state index in [4.69, 9.17) is 60.0 Å². The van der Waals surface area contributed by atoms with Crippen LogP contribution in [0.15, 0.2) is 5.11 Å². The van der Waals surface area contributed by atoms with Crippen molar-refractivity contribution in [3.8, 4) is 0 Å². The molecular weight excluding hydrogens is 334 g/mol. The predicted octanol–water partition coefficient (Wildman–Crippen LogP) is 2.71. The number of ether oxygens (including phenoxy) is 3. The van der Waals surface area contributed by atoms with E-state index in [1.165, 1.54) is 6.92 Å². The minimum Gasteiger partial charge on any atom is -0.460 e. The lowest BCUT2D eigenvalue weighted by Gasteiger charge is -2.33. The number of rotatable bonds is 3. The van der Waals surface area contributed by atoms with Gasteiger partial charge in [-0.15, -0.1) is 0 Å². The third-order valence-electron chi connectivity index (χ3n) is 2.33. The average Bonchev–Trinajstić information content (AvgIpc) is 2.31. The van der Waals surface area contributed by atoms with Gasteiger partial charge in [-0.1, -0.05) is 39.9 Å². The Labute approximate surface area is 129 Å². The summed E-state index contributed by atoms with van der Waals surface area (Å²) < 4.78 is 13.2. The van der Waals surface area contributed by atoms with E-state index in [1.54, 1.807) is 0 Å². The van der Waals surface area contributed by atoms with Crippen molar-refractivity contribution in [1.29, 1.82) is 5.41 Å². The van der Waals surface area contributed by atoms with Crippen LogP contribution in [0.25, 0.3) is 10.4 Å². The van der Waals surface area contributed by atoms with E-state index < -0.39 is 34.1 Å². The molecule has 0 aromatic heterocycles. The quantitative estimate of drug-likeness (QED) is 0.161. The summed E-state index contributed by atoms with van der Waals surface area (Å²) in [6.07, 6.45) is -1.59. The zero-order valence-corrected chi connectivity index (χ0v) is 12.5. The van der Waals surface area contributed by atoms with Crippen LogP contribution < -0.4 is 0 Å². The number of halogens is 3. The Morgan fingerprint density at radius 2 is 2.15 bits per heavy atom. The molecule has 0 spiro atoms. The maximum atomic E-state index is 10.9. The van der Waals surface area contributed by atoms with E-state index in [2.05, 4.69) is 10.0 Å². The summed E-state index contributed by atoms with van der Waals surface area (Å²) in [6, 6.07) is -0.689. The summed E-state index contributed by atoms with van der Waals surface area (Å²) in [5, 5.41) is 10.9. The first-order chi connectivity index (χ1) is 9.24. The van der Waals surface area contributed by atoms with Gasteiger partial charge < -0.3 is 14.2 Å². The zero-order chi connectivity index (χ0) is 15.3. The molecule has 0 bridgehead atoms. The highest BCUT2D eigenvalue weighted by Gasteiger charge is 2.37. The van der Waals surface area contributed by atoms with Crippen LogP contribution >= 0.6 is 34.8 Å². The van der Waals surface area contributed by atoms with Crippen molar-refractivity contribution in [1.82, 2.24) is 0 Å². The summed E-state index contributed by atoms with van der Waals surface area (Å²) in [5.74, 6) is -1.14. The molecule has 0 saturated carbocycles. The number of azide groups is 1. The smallest absolute Gasteiger partial charge is 0.302 e. The monoisotopic (exact) mass is 344 g/mol. The van der Waals surface area contributed by atoms with Crippen molar-refractivity contribution in [3.63, 3.8) is 0 Å². The van der Waals surface area contributed by atoms with E-state index in [0.29, 0.717) is 0 Å². The SMILES string of the molecule is CC(=O)O[C@H]1CO[C@@H](OC(=N)C(Cl)(Cl)Cl)C[C@H]1N=[N+]=[N-]. The Bertz CT molecular complexity index is 435. The molecule has 0 aromatic carbocycles. The molecule has 20 heavy (non-hydrogen) atoms. The van der Waals surface area contributed by atoms with Gasteiger partial charge in [0, 0.05) is 18.3 Å². The molecule has 112 valence electrons. The first-order valence-corrected chi connectivity index (χ1v) is 6.53. The maximum absolute atomic E-state index is 10.9. The lowest BCUT2D eigenvalue weighted by Crippen LogP contribution is -2.44. The van der Waals surface area contributed by atoms with Gasteiger partial charge in [-0.05, 0) is 5.53 Å². The fraction of sp³-hybridized carbons (Fsp3) is 0.778. The molecule has 0 radical (unpaired) electrons. The second kappa shape index (κ2) is 7.19. The largest absolute Gasteiger partial charge is 0.460 e. The molecule has 8 nitrogen and oxygen atoms in total. The molecule has 0 aromatic rings. The Kier molecular flexibility index (Phi) is 6.16. The van der Waals surface area contributed by atoms with Gasteiger partial charge in [0.05, 0.1) is 12.6 Å². The van der Waals surface area contributed by atoms with Crippen molar-refractivity contribution in [3.05, 3.63) is 10.4 Å². The highest BCUT2D eigenvalue weighted by molar-refractivity contribution is 6.76. The van der Waals surface area contributed by atoms with Crippen LogP contribution in [0.4, 0.5) is 0 Å². The Morgan fingerprint density at radius 3 is 2.65 bits per heavy atom. The maximum Gasteiger partial charge on any atom is 0.302 e. The standard InChI is InChI=1S/C9H11Cl3N4O4/c1-4(17)19-6-3-18-7(2-5(6)15-16-14)20-8(13)9(10,11)12/h5-7,13H,2-3H2,1H3/t5-,6+,7+/m1/s1. The van der Waals surface area contributed by atoms with Crippen LogP contribution in [0, 0.1) is 5.41 Å². The molecule has 1 rings (SSSR count). The molecular formula is C9H11Cl3N4O4. The van der Waals surface area contributed by atoms with Gasteiger partial charge >= 0.3 is 5.97 Å². The number of nitrogens with zero attached hydrogens (tertiary/aromatic N) is 3. The van der Waals surface area contributed by atoms with Crippen molar-refractivity contribution < 1.29 is 19.0 Å². The molecule has 1 N–H and O–H groups in total. The minimum atomic E-state index is -2.01. The lowest BCUT2D eigenvalue weighted by molar-refractivity contribution is -0.179. The van der Waals surface area contributed by atoms with Gasteiger partial charge in [-0.2, -0.15) is 0 Å². The third kappa shape index (κ3) is 5.22. The molecule has 1 aliphatic heterocycles. The summed E-state index contributed by atoms with van der Waals surface area (Å²) >= 11 is 16.4. The van der Waals surface area contributed by atoms with E-state index >= 15 is 0 Å². The van der Waals surface area contributed by atoms with Crippen molar-refractivity contribution in [2.75, 3.05) is 6.61 Å². The number of hydrogen-bond donors (Lipinski definition) is 1. The summed E-state index contributed by atoms with van der Waals surface area (Å²) in [4.78, 5) is 13.6. The molecule has 1 heterocycles. The van der Waals surface area contributed by atoms with Crippen LogP contribution in [0.1, 0.15) is 13.3 Å². The first-order valence-electron chi connectivity index (χ1n) is 5.39. The molecule has 11 heteroatoms. The number of hydrogen-bond acceptors (Lipinski definition) is 6. The normalized spacial score (nSPS) is 26.3. The molecule has 1 aliphatic rings. The average molecular weight is 346 g/mol. The summed E-state index contributed by atoms with van der Waals surface area (Å²) in [7, 11) is 0. The summed E-state index contributed by atoms with van der Waals surface area (Å²) in [5.41, 5.74) is 8.50. The predicted molar refractivity (Wildman–Crippen MR) is 71.9 cm³/mol. The van der Waals surface area contributed by atoms with E-state index in [9.17, 15) is 4.79 Å². The van der Waals surface area contributed by atoms with Crippen LogP contribution in [0.3, 0.4) is 0 Å².